The fourth-order valence-electron chi connectivity index (χ4n) is 3.14. The molecule has 0 unspecified atom stereocenters. The second-order valence-electron chi connectivity index (χ2n) is 6.59. The first-order chi connectivity index (χ1) is 14.1. The van der Waals surface area contributed by atoms with Crippen LogP contribution < -0.4 is 0 Å². The molecule has 2 aliphatic heterocycles. The topological polar surface area (TPSA) is 153 Å². The number of rotatable bonds is 6. The van der Waals surface area contributed by atoms with E-state index in [4.69, 9.17) is 9.47 Å². The Bertz CT molecular complexity index is 972. The maximum atomic E-state index is 12.5. The number of hydrogen-bond donors (Lipinski definition) is 1. The highest BCUT2D eigenvalue weighted by Crippen LogP contribution is 2.46. The van der Waals surface area contributed by atoms with Crippen LogP contribution in [-0.4, -0.2) is 49.6 Å². The van der Waals surface area contributed by atoms with Crippen LogP contribution in [0.1, 0.15) is 19.4 Å². The average molecular weight is 436 g/mol. The zero-order valence-electron chi connectivity index (χ0n) is 15.8. The molecular formula is C18H16N2O9S. The number of ether oxygens (including phenoxy) is 2. The van der Waals surface area contributed by atoms with Gasteiger partial charge in [0, 0.05) is 17.7 Å². The molecule has 3 atom stereocenters. The van der Waals surface area contributed by atoms with Gasteiger partial charge in [-0.3, -0.25) is 24.6 Å². The summed E-state index contributed by atoms with van der Waals surface area (Å²) >= 11 is 0.804. The quantitative estimate of drug-likeness (QED) is 0.303. The van der Waals surface area contributed by atoms with E-state index in [2.05, 4.69) is 0 Å². The number of amides is 1. The van der Waals surface area contributed by atoms with Crippen molar-refractivity contribution in [2.75, 3.05) is 0 Å². The zero-order valence-corrected chi connectivity index (χ0v) is 16.6. The van der Waals surface area contributed by atoms with Crippen LogP contribution in [0.2, 0.25) is 0 Å². The molecule has 0 radical (unpaired) electrons. The molecule has 11 nitrogen and oxygen atoms in total. The lowest BCUT2D eigenvalue weighted by Gasteiger charge is -2.49. The number of β-lactam (4-membered cyclic amide) rings is 1. The molecule has 158 valence electrons. The Balaban J connectivity index is 1.59. The van der Waals surface area contributed by atoms with Crippen LogP contribution in [0.25, 0.3) is 0 Å². The molecule has 0 spiro atoms. The number of benzene rings is 1. The average Bonchev–Trinajstić information content (AvgIpc) is 2.68. The summed E-state index contributed by atoms with van der Waals surface area (Å²) in [6.07, 6.45) is -2.03. The largest absolute Gasteiger partial charge is 0.508 e. The van der Waals surface area contributed by atoms with Gasteiger partial charge in [0.25, 0.3) is 5.69 Å². The van der Waals surface area contributed by atoms with E-state index < -0.39 is 45.5 Å². The number of carboxylic acid groups (broad SMARTS) is 1. The molecule has 2 aliphatic rings. The molecule has 1 fully saturated rings. The van der Waals surface area contributed by atoms with Gasteiger partial charge in [0.2, 0.25) is 11.0 Å². The minimum Gasteiger partial charge on any atom is -0.477 e. The molecule has 1 saturated heterocycles. The Morgan fingerprint density at radius 1 is 1.30 bits per heavy atom. The van der Waals surface area contributed by atoms with Crippen molar-refractivity contribution in [2.45, 2.75) is 31.9 Å². The molecule has 0 aromatic heterocycles. The molecule has 30 heavy (non-hydrogen) atoms. The van der Waals surface area contributed by atoms with Crippen LogP contribution >= 0.6 is 11.8 Å². The number of nitro benzene ring substituents is 1. The second kappa shape index (κ2) is 8.14. The van der Waals surface area contributed by atoms with Crippen molar-refractivity contribution in [3.63, 3.8) is 0 Å². The van der Waals surface area contributed by atoms with Gasteiger partial charge < -0.3 is 14.6 Å². The molecule has 0 bridgehead atoms. The van der Waals surface area contributed by atoms with Gasteiger partial charge >= 0.3 is 12.1 Å². The number of hydrogen-bond acceptors (Lipinski definition) is 9. The fraction of sp³-hybridized carbons (Fsp3) is 0.333. The zero-order chi connectivity index (χ0) is 22.2. The molecule has 12 heteroatoms. The van der Waals surface area contributed by atoms with E-state index in [-0.39, 0.29) is 23.6 Å². The predicted molar refractivity (Wildman–Crippen MR) is 101 cm³/mol. The Morgan fingerprint density at radius 3 is 2.50 bits per heavy atom. The first kappa shape index (κ1) is 21.3. The number of nitro groups is 1. The molecule has 2 heterocycles. The number of aliphatic carboxylic acids is 1. The van der Waals surface area contributed by atoms with E-state index in [1.165, 1.54) is 38.1 Å². The first-order valence-electron chi connectivity index (χ1n) is 8.66. The lowest BCUT2D eigenvalue weighted by molar-refractivity contribution is -0.384. The van der Waals surface area contributed by atoms with Crippen molar-refractivity contribution in [1.29, 1.82) is 0 Å². The van der Waals surface area contributed by atoms with E-state index in [1.807, 2.05) is 0 Å². The van der Waals surface area contributed by atoms with Crippen molar-refractivity contribution < 1.29 is 38.7 Å². The van der Waals surface area contributed by atoms with Gasteiger partial charge in [0.1, 0.15) is 29.7 Å². The van der Waals surface area contributed by atoms with E-state index in [9.17, 15) is 34.4 Å². The fourth-order valence-corrected chi connectivity index (χ4v) is 4.43. The highest BCUT2D eigenvalue weighted by molar-refractivity contribution is 8.14. The predicted octanol–water partition coefficient (Wildman–Crippen LogP) is 2.05. The molecule has 1 amide bonds. The number of carbonyl (C=O) groups excluding carboxylic acids is 3. The molecule has 0 saturated carbocycles. The molecule has 3 rings (SSSR count). The molecule has 0 aliphatic carbocycles. The molecule has 1 aromatic rings. The monoisotopic (exact) mass is 436 g/mol. The van der Waals surface area contributed by atoms with Crippen LogP contribution in [0, 0.1) is 16.0 Å². The minimum atomic E-state index is -1.38. The van der Waals surface area contributed by atoms with Gasteiger partial charge in [-0.25, -0.2) is 9.59 Å². The number of nitrogens with zero attached hydrogens (tertiary/aromatic N) is 2. The number of carbonyl (C=O) groups is 4. The summed E-state index contributed by atoms with van der Waals surface area (Å²) in [5.41, 5.74) is 0.00775. The van der Waals surface area contributed by atoms with Crippen molar-refractivity contribution in [3.05, 3.63) is 51.2 Å². The Labute approximate surface area is 173 Å². The maximum Gasteiger partial charge on any atom is 0.508 e. The molecular weight excluding hydrogens is 420 g/mol. The third-order valence-electron chi connectivity index (χ3n) is 4.71. The van der Waals surface area contributed by atoms with Gasteiger partial charge in [-0.05, 0) is 31.5 Å². The van der Waals surface area contributed by atoms with Gasteiger partial charge in [-0.15, -0.1) is 0 Å². The van der Waals surface area contributed by atoms with Crippen molar-refractivity contribution in [2.24, 2.45) is 5.92 Å². The third kappa shape index (κ3) is 3.85. The maximum absolute atomic E-state index is 12.5. The van der Waals surface area contributed by atoms with E-state index in [0.717, 1.165) is 16.7 Å². The third-order valence-corrected chi connectivity index (χ3v) is 5.97. The number of thioether (sulfide) groups is 1. The number of non-ortho nitro benzene ring substituents is 1. The van der Waals surface area contributed by atoms with Crippen LogP contribution in [-0.2, 0) is 30.5 Å². The van der Waals surface area contributed by atoms with E-state index >= 15 is 0 Å². The Hall–Kier alpha value is -3.41. The van der Waals surface area contributed by atoms with E-state index in [1.54, 1.807) is 0 Å². The molecule has 1 N–H and O–H groups in total. The van der Waals surface area contributed by atoms with Crippen LogP contribution in [0.15, 0.2) is 35.5 Å². The van der Waals surface area contributed by atoms with Crippen molar-refractivity contribution >= 4 is 40.6 Å². The Kier molecular flexibility index (Phi) is 5.78. The van der Waals surface area contributed by atoms with Crippen LogP contribution in [0.5, 0.6) is 0 Å². The molecule has 1 aromatic carbocycles. The SMILES string of the molecule is CC1=C(C(=O)O)N2C(=O)[C@H]([C@@H](C)OC(=O)OCc3ccc([N+](=O)[O-])cc3)[C@@H]2SC1=O. The lowest BCUT2D eigenvalue weighted by atomic mass is 9.91. The summed E-state index contributed by atoms with van der Waals surface area (Å²) in [5.74, 6) is -2.84. The van der Waals surface area contributed by atoms with Crippen LogP contribution in [0.3, 0.4) is 0 Å². The number of fused-ring (bicyclic) bond motifs is 1. The highest BCUT2D eigenvalue weighted by atomic mass is 32.2. The van der Waals surface area contributed by atoms with Gasteiger partial charge in [-0.2, -0.15) is 0 Å². The summed E-state index contributed by atoms with van der Waals surface area (Å²) in [5, 5.41) is 18.7. The van der Waals surface area contributed by atoms with Gasteiger partial charge in [-0.1, -0.05) is 11.8 Å². The normalized spacial score (nSPS) is 21.5. The summed E-state index contributed by atoms with van der Waals surface area (Å²) in [6, 6.07) is 5.38. The minimum absolute atomic E-state index is 0.0216. The summed E-state index contributed by atoms with van der Waals surface area (Å²) in [4.78, 5) is 59.0. The first-order valence-corrected chi connectivity index (χ1v) is 9.54. The summed E-state index contributed by atoms with van der Waals surface area (Å²) in [6.45, 7) is 2.59. The van der Waals surface area contributed by atoms with Crippen LogP contribution in [0.4, 0.5) is 10.5 Å². The Morgan fingerprint density at radius 2 is 1.93 bits per heavy atom. The van der Waals surface area contributed by atoms with E-state index in [0.29, 0.717) is 5.56 Å². The smallest absolute Gasteiger partial charge is 0.477 e. The standard InChI is InChI=1S/C18H16N2O9S/c1-8-13(16(22)23)19-14(21)12(15(19)30-17(8)24)9(2)29-18(25)28-7-10-3-5-11(6-4-10)20(26)27/h3-6,9,12,15H,7H2,1-2H3,(H,22,23)/t9-,12+,15+/m1/s1. The van der Waals surface area contributed by atoms with Gasteiger partial charge in [0.05, 0.1) is 4.92 Å². The summed E-state index contributed by atoms with van der Waals surface area (Å²) < 4.78 is 10.1. The number of carboxylic acids is 1. The lowest BCUT2D eigenvalue weighted by Crippen LogP contribution is -2.65. The second-order valence-corrected chi connectivity index (χ2v) is 7.68. The van der Waals surface area contributed by atoms with Gasteiger partial charge in [0.15, 0.2) is 0 Å². The van der Waals surface area contributed by atoms with Crippen molar-refractivity contribution in [1.82, 2.24) is 4.90 Å². The highest BCUT2D eigenvalue weighted by Gasteiger charge is 2.58. The summed E-state index contributed by atoms with van der Waals surface area (Å²) in [7, 11) is 0. The van der Waals surface area contributed by atoms with Crippen molar-refractivity contribution in [3.8, 4) is 0 Å².